The van der Waals surface area contributed by atoms with Gasteiger partial charge in [-0.25, -0.2) is 0 Å². The van der Waals surface area contributed by atoms with Crippen molar-refractivity contribution in [2.24, 2.45) is 0 Å². The van der Waals surface area contributed by atoms with Gasteiger partial charge >= 0.3 is 5.91 Å². The van der Waals surface area contributed by atoms with Crippen LogP contribution in [0.4, 0.5) is 0 Å². The van der Waals surface area contributed by atoms with Gasteiger partial charge in [-0.2, -0.15) is 0 Å². The molecule has 1 N–H and O–H groups in total. The molecule has 1 saturated heterocycles. The third kappa shape index (κ3) is 2.30. The van der Waals surface area contributed by atoms with E-state index in [0.29, 0.717) is 17.0 Å². The smallest absolute Gasteiger partial charge is 0.303 e. The van der Waals surface area contributed by atoms with E-state index in [0.717, 1.165) is 5.56 Å². The summed E-state index contributed by atoms with van der Waals surface area (Å²) in [4.78, 5) is 12.5. The summed E-state index contributed by atoms with van der Waals surface area (Å²) in [6.07, 6.45) is 0.299. The van der Waals surface area contributed by atoms with Crippen molar-refractivity contribution < 1.29 is 14.7 Å². The lowest BCUT2D eigenvalue weighted by molar-refractivity contribution is -0.154. The fourth-order valence-electron chi connectivity index (χ4n) is 2.48. The Bertz CT molecular complexity index is 674. The number of hydrogen-bond donors (Lipinski definition) is 1. The quantitative estimate of drug-likeness (QED) is 0.699. The van der Waals surface area contributed by atoms with Crippen LogP contribution in [0.15, 0.2) is 60.7 Å². The van der Waals surface area contributed by atoms with E-state index in [1.807, 2.05) is 48.5 Å². The Morgan fingerprint density at radius 2 is 1.62 bits per heavy atom. The van der Waals surface area contributed by atoms with Crippen molar-refractivity contribution >= 4 is 23.3 Å². The van der Waals surface area contributed by atoms with Gasteiger partial charge in [-0.15, -0.1) is 5.06 Å². The van der Waals surface area contributed by atoms with Gasteiger partial charge in [0.15, 0.2) is 0 Å². The molecule has 21 heavy (non-hydrogen) atoms. The van der Waals surface area contributed by atoms with Crippen molar-refractivity contribution in [1.82, 2.24) is 5.06 Å². The minimum absolute atomic E-state index is 0.222. The molecule has 0 radical (unpaired) electrons. The fourth-order valence-corrected chi connectivity index (χ4v) is 2.70. The van der Waals surface area contributed by atoms with Crippen LogP contribution >= 0.6 is 12.2 Å². The number of ether oxygens (including phenoxy) is 1. The third-order valence-electron chi connectivity index (χ3n) is 3.51. The van der Waals surface area contributed by atoms with Gasteiger partial charge in [0, 0.05) is 12.0 Å². The number of rotatable bonds is 3. The first-order valence-corrected chi connectivity index (χ1v) is 6.90. The normalized spacial score (nSPS) is 21.5. The Balaban J connectivity index is 2.08. The number of hydrogen-bond acceptors (Lipinski definition) is 4. The van der Waals surface area contributed by atoms with Crippen LogP contribution in [0.25, 0.3) is 0 Å². The molecule has 0 bridgehead atoms. The molecule has 1 heterocycles. The zero-order valence-electron chi connectivity index (χ0n) is 11.1. The average Bonchev–Trinajstić information content (AvgIpc) is 2.74. The lowest BCUT2D eigenvalue weighted by atomic mass is 9.86. The Kier molecular flexibility index (Phi) is 3.45. The van der Waals surface area contributed by atoms with Crippen LogP contribution in [0.1, 0.15) is 11.1 Å². The lowest BCUT2D eigenvalue weighted by Gasteiger charge is -2.25. The highest BCUT2D eigenvalue weighted by Gasteiger charge is 2.53. The summed E-state index contributed by atoms with van der Waals surface area (Å²) in [6.45, 7) is 0. The maximum absolute atomic E-state index is 12.5. The van der Waals surface area contributed by atoms with Gasteiger partial charge in [-0.05, 0) is 17.8 Å². The van der Waals surface area contributed by atoms with Crippen LogP contribution < -0.4 is 0 Å². The molecular formula is C16H13NO3S. The molecule has 3 rings (SSSR count). The maximum atomic E-state index is 12.5. The molecule has 106 valence electrons. The summed E-state index contributed by atoms with van der Waals surface area (Å²) in [5, 5.41) is 9.94. The largest absolute Gasteiger partial charge is 0.447 e. The standard InChI is InChI=1S/C16H13NO3S/c18-14-16(20-15(21)17(14)19,13-9-5-2-6-10-13)11-12-7-3-1-4-8-12/h1-10,19H,11H2. The molecule has 1 atom stereocenters. The van der Waals surface area contributed by atoms with Gasteiger partial charge in [0.1, 0.15) is 0 Å². The first kappa shape index (κ1) is 13.7. The molecule has 0 saturated carbocycles. The summed E-state index contributed by atoms with van der Waals surface area (Å²) in [5.41, 5.74) is 0.277. The van der Waals surface area contributed by atoms with E-state index in [-0.39, 0.29) is 5.17 Å². The van der Waals surface area contributed by atoms with Crippen LogP contribution in [0.3, 0.4) is 0 Å². The number of carbonyl (C=O) groups excluding carboxylic acids is 1. The van der Waals surface area contributed by atoms with Crippen molar-refractivity contribution in [2.45, 2.75) is 12.0 Å². The molecule has 1 amide bonds. The fraction of sp³-hybridized carbons (Fsp3) is 0.125. The van der Waals surface area contributed by atoms with Crippen LogP contribution in [0.5, 0.6) is 0 Å². The highest BCUT2D eigenvalue weighted by molar-refractivity contribution is 7.80. The second-order valence-corrected chi connectivity index (χ2v) is 5.19. The molecular weight excluding hydrogens is 286 g/mol. The summed E-state index contributed by atoms with van der Waals surface area (Å²) >= 11 is 4.92. The maximum Gasteiger partial charge on any atom is 0.303 e. The van der Waals surface area contributed by atoms with Crippen LogP contribution in [0, 0.1) is 0 Å². The van der Waals surface area contributed by atoms with Crippen LogP contribution in [0.2, 0.25) is 0 Å². The van der Waals surface area contributed by atoms with Gasteiger partial charge < -0.3 is 4.74 Å². The number of carbonyl (C=O) groups is 1. The number of thiocarbonyl (C=S) groups is 1. The lowest BCUT2D eigenvalue weighted by Crippen LogP contribution is -2.39. The summed E-state index contributed by atoms with van der Waals surface area (Å²) in [5.74, 6) is -0.567. The second kappa shape index (κ2) is 5.27. The third-order valence-corrected chi connectivity index (χ3v) is 3.76. The summed E-state index contributed by atoms with van der Waals surface area (Å²) < 4.78 is 5.62. The van der Waals surface area contributed by atoms with Gasteiger partial charge in [0.25, 0.3) is 5.17 Å². The minimum atomic E-state index is -1.31. The highest BCUT2D eigenvalue weighted by atomic mass is 32.1. The van der Waals surface area contributed by atoms with E-state index >= 15 is 0 Å². The highest BCUT2D eigenvalue weighted by Crippen LogP contribution is 2.37. The topological polar surface area (TPSA) is 49.8 Å². The van der Waals surface area contributed by atoms with Crippen molar-refractivity contribution in [3.8, 4) is 0 Å². The molecule has 0 spiro atoms. The van der Waals surface area contributed by atoms with E-state index < -0.39 is 11.5 Å². The van der Waals surface area contributed by atoms with Crippen LogP contribution in [-0.2, 0) is 21.6 Å². The minimum Gasteiger partial charge on any atom is -0.447 e. The van der Waals surface area contributed by atoms with E-state index in [1.54, 1.807) is 12.1 Å². The Morgan fingerprint density at radius 3 is 2.14 bits per heavy atom. The Labute approximate surface area is 127 Å². The SMILES string of the molecule is O=C1N(O)C(=S)OC1(Cc1ccccc1)c1ccccc1. The molecule has 1 fully saturated rings. The summed E-state index contributed by atoms with van der Waals surface area (Å²) in [7, 11) is 0. The first-order chi connectivity index (χ1) is 10.1. The van der Waals surface area contributed by atoms with Crippen molar-refractivity contribution in [3.05, 3.63) is 71.8 Å². The first-order valence-electron chi connectivity index (χ1n) is 6.49. The monoisotopic (exact) mass is 299 g/mol. The second-order valence-electron chi connectivity index (χ2n) is 4.84. The predicted molar refractivity (Wildman–Crippen MR) is 80.6 cm³/mol. The van der Waals surface area contributed by atoms with E-state index in [9.17, 15) is 10.0 Å². The molecule has 2 aromatic rings. The Hall–Kier alpha value is -2.24. The molecule has 2 aromatic carbocycles. The predicted octanol–water partition coefficient (Wildman–Crippen LogP) is 2.66. The van der Waals surface area contributed by atoms with Crippen molar-refractivity contribution in [2.75, 3.05) is 0 Å². The molecule has 1 aliphatic rings. The number of amides is 1. The molecule has 1 unspecified atom stereocenters. The van der Waals surface area contributed by atoms with Gasteiger partial charge in [0.2, 0.25) is 5.60 Å². The van der Waals surface area contributed by atoms with Crippen molar-refractivity contribution in [3.63, 3.8) is 0 Å². The van der Waals surface area contributed by atoms with Crippen LogP contribution in [-0.4, -0.2) is 21.4 Å². The molecule has 4 nitrogen and oxygen atoms in total. The summed E-state index contributed by atoms with van der Waals surface area (Å²) in [6, 6.07) is 18.6. The zero-order chi connectivity index (χ0) is 14.9. The average molecular weight is 299 g/mol. The molecule has 1 aliphatic heterocycles. The van der Waals surface area contributed by atoms with Crippen molar-refractivity contribution in [1.29, 1.82) is 0 Å². The van der Waals surface area contributed by atoms with E-state index in [4.69, 9.17) is 17.0 Å². The molecule has 0 aliphatic carbocycles. The zero-order valence-corrected chi connectivity index (χ0v) is 11.9. The number of hydroxylamine groups is 2. The molecule has 0 aromatic heterocycles. The van der Waals surface area contributed by atoms with E-state index in [1.165, 1.54) is 0 Å². The number of benzene rings is 2. The Morgan fingerprint density at radius 1 is 1.05 bits per heavy atom. The van der Waals surface area contributed by atoms with Gasteiger partial charge in [-0.3, -0.25) is 10.0 Å². The van der Waals surface area contributed by atoms with E-state index in [2.05, 4.69) is 0 Å². The number of nitrogens with zero attached hydrogens (tertiary/aromatic N) is 1. The van der Waals surface area contributed by atoms with Gasteiger partial charge in [-0.1, -0.05) is 60.7 Å². The van der Waals surface area contributed by atoms with Gasteiger partial charge in [0.05, 0.1) is 0 Å². The molecule has 5 heteroatoms.